The van der Waals surface area contributed by atoms with Crippen LogP contribution in [0.25, 0.3) is 0 Å². The standard InChI is InChI=1S/C10H12BBrO/c1-7(2)6-13-10-4-8(11)3-9(12)5-10/h3-5,7H,6H2,1-2H3. The van der Waals surface area contributed by atoms with Gasteiger partial charge in [0, 0.05) is 4.47 Å². The Morgan fingerprint density at radius 3 is 2.62 bits per heavy atom. The zero-order chi connectivity index (χ0) is 9.84. The van der Waals surface area contributed by atoms with E-state index < -0.39 is 0 Å². The van der Waals surface area contributed by atoms with Gasteiger partial charge in [0.15, 0.2) is 0 Å². The quantitative estimate of drug-likeness (QED) is 0.735. The van der Waals surface area contributed by atoms with Crippen LogP contribution >= 0.6 is 15.9 Å². The number of halogens is 1. The van der Waals surface area contributed by atoms with Gasteiger partial charge in [0.2, 0.25) is 0 Å². The van der Waals surface area contributed by atoms with Crippen molar-refractivity contribution in [3.8, 4) is 5.75 Å². The molecule has 0 aliphatic heterocycles. The smallest absolute Gasteiger partial charge is 0.119 e. The number of hydrogen-bond donors (Lipinski definition) is 0. The third-order valence-corrected chi connectivity index (χ3v) is 1.93. The van der Waals surface area contributed by atoms with E-state index in [-0.39, 0.29) is 0 Å². The van der Waals surface area contributed by atoms with E-state index in [0.29, 0.717) is 11.4 Å². The number of benzene rings is 1. The molecule has 0 aliphatic carbocycles. The van der Waals surface area contributed by atoms with E-state index in [9.17, 15) is 0 Å². The molecule has 1 aromatic carbocycles. The van der Waals surface area contributed by atoms with Crippen molar-refractivity contribution < 1.29 is 4.74 Å². The second-order valence-corrected chi connectivity index (χ2v) is 4.34. The summed E-state index contributed by atoms with van der Waals surface area (Å²) in [5.74, 6) is 1.35. The highest BCUT2D eigenvalue weighted by molar-refractivity contribution is 9.10. The van der Waals surface area contributed by atoms with Gasteiger partial charge in [-0.2, -0.15) is 0 Å². The molecule has 3 heteroatoms. The molecule has 0 aromatic heterocycles. The largest absolute Gasteiger partial charge is 0.493 e. The minimum Gasteiger partial charge on any atom is -0.493 e. The molecular weight excluding hydrogens is 227 g/mol. The summed E-state index contributed by atoms with van der Waals surface area (Å²) in [5.41, 5.74) is 0.716. The van der Waals surface area contributed by atoms with E-state index in [2.05, 4.69) is 29.8 Å². The predicted molar refractivity (Wildman–Crippen MR) is 59.9 cm³/mol. The van der Waals surface area contributed by atoms with Crippen LogP contribution in [0.15, 0.2) is 22.7 Å². The summed E-state index contributed by atoms with van der Waals surface area (Å²) in [6.45, 7) is 4.94. The summed E-state index contributed by atoms with van der Waals surface area (Å²) < 4.78 is 6.47. The average Bonchev–Trinajstić information content (AvgIpc) is 1.99. The van der Waals surface area contributed by atoms with Gasteiger partial charge in [-0.3, -0.25) is 0 Å². The Bertz CT molecular complexity index is 266. The van der Waals surface area contributed by atoms with Crippen molar-refractivity contribution in [3.05, 3.63) is 22.7 Å². The fourth-order valence-electron chi connectivity index (χ4n) is 0.931. The second-order valence-electron chi connectivity index (χ2n) is 3.43. The molecule has 0 atom stereocenters. The molecule has 0 amide bonds. The molecule has 0 saturated heterocycles. The van der Waals surface area contributed by atoms with Crippen LogP contribution in [0.4, 0.5) is 0 Å². The maximum Gasteiger partial charge on any atom is 0.119 e. The maximum atomic E-state index is 5.66. The molecule has 0 bridgehead atoms. The first-order valence-corrected chi connectivity index (χ1v) is 5.06. The Kier molecular flexibility index (Phi) is 3.85. The summed E-state index contributed by atoms with van der Waals surface area (Å²) in [6.07, 6.45) is 0. The zero-order valence-corrected chi connectivity index (χ0v) is 9.47. The Hall–Kier alpha value is -0.435. The van der Waals surface area contributed by atoms with Gasteiger partial charge in [-0.1, -0.05) is 41.3 Å². The second kappa shape index (κ2) is 4.70. The van der Waals surface area contributed by atoms with E-state index in [0.717, 1.165) is 16.8 Å². The highest BCUT2D eigenvalue weighted by Crippen LogP contribution is 2.16. The molecule has 68 valence electrons. The lowest BCUT2D eigenvalue weighted by Gasteiger charge is -2.09. The lowest BCUT2D eigenvalue weighted by molar-refractivity contribution is 0.271. The first-order chi connectivity index (χ1) is 6.08. The van der Waals surface area contributed by atoms with Gasteiger partial charge in [0.05, 0.1) is 6.61 Å². The Labute approximate surface area is 89.0 Å². The lowest BCUT2D eigenvalue weighted by atomic mass is 9.96. The number of rotatable bonds is 3. The lowest BCUT2D eigenvalue weighted by Crippen LogP contribution is -2.07. The van der Waals surface area contributed by atoms with Crippen molar-refractivity contribution >= 4 is 29.2 Å². The first-order valence-electron chi connectivity index (χ1n) is 4.27. The van der Waals surface area contributed by atoms with Gasteiger partial charge in [0.1, 0.15) is 13.6 Å². The topological polar surface area (TPSA) is 9.23 Å². The molecular formula is C10H12BBrO. The van der Waals surface area contributed by atoms with Crippen LogP contribution in [-0.2, 0) is 0 Å². The molecule has 1 rings (SSSR count). The fraction of sp³-hybridized carbons (Fsp3) is 0.400. The van der Waals surface area contributed by atoms with Crippen molar-refractivity contribution in [3.63, 3.8) is 0 Å². The van der Waals surface area contributed by atoms with Crippen LogP contribution in [0.1, 0.15) is 13.8 Å². The monoisotopic (exact) mass is 238 g/mol. The predicted octanol–water partition coefficient (Wildman–Crippen LogP) is 2.28. The van der Waals surface area contributed by atoms with Gasteiger partial charge in [-0.15, -0.1) is 0 Å². The average molecular weight is 239 g/mol. The van der Waals surface area contributed by atoms with E-state index >= 15 is 0 Å². The van der Waals surface area contributed by atoms with E-state index in [1.54, 1.807) is 0 Å². The van der Waals surface area contributed by atoms with Crippen molar-refractivity contribution in [2.45, 2.75) is 13.8 Å². The normalized spacial score (nSPS) is 10.5. The first kappa shape index (κ1) is 10.6. The van der Waals surface area contributed by atoms with Crippen molar-refractivity contribution in [1.82, 2.24) is 0 Å². The van der Waals surface area contributed by atoms with Crippen LogP contribution < -0.4 is 10.2 Å². The van der Waals surface area contributed by atoms with E-state index in [1.807, 2.05) is 18.2 Å². The highest BCUT2D eigenvalue weighted by Gasteiger charge is 1.98. The van der Waals surface area contributed by atoms with Crippen molar-refractivity contribution in [2.75, 3.05) is 6.61 Å². The highest BCUT2D eigenvalue weighted by atomic mass is 79.9. The minimum atomic E-state index is 0.528. The Balaban J connectivity index is 2.66. The number of hydrogen-bond acceptors (Lipinski definition) is 1. The van der Waals surface area contributed by atoms with Crippen molar-refractivity contribution in [1.29, 1.82) is 0 Å². The molecule has 2 radical (unpaired) electrons. The molecule has 0 fully saturated rings. The summed E-state index contributed by atoms with van der Waals surface area (Å²) in [5, 5.41) is 0. The molecule has 0 unspecified atom stereocenters. The summed E-state index contributed by atoms with van der Waals surface area (Å²) in [6, 6.07) is 5.59. The molecule has 0 saturated carbocycles. The number of ether oxygens (including phenoxy) is 1. The van der Waals surface area contributed by atoms with Gasteiger partial charge in [-0.25, -0.2) is 0 Å². The molecule has 0 aliphatic rings. The minimum absolute atomic E-state index is 0.528. The van der Waals surface area contributed by atoms with Gasteiger partial charge >= 0.3 is 0 Å². The molecule has 1 nitrogen and oxygen atoms in total. The summed E-state index contributed by atoms with van der Waals surface area (Å²) in [7, 11) is 5.66. The molecule has 1 aromatic rings. The van der Waals surface area contributed by atoms with Crippen LogP contribution in [-0.4, -0.2) is 14.5 Å². The van der Waals surface area contributed by atoms with Crippen LogP contribution in [0, 0.1) is 5.92 Å². The summed E-state index contributed by atoms with van der Waals surface area (Å²) in [4.78, 5) is 0. The Morgan fingerprint density at radius 1 is 1.38 bits per heavy atom. The van der Waals surface area contributed by atoms with Gasteiger partial charge in [0.25, 0.3) is 0 Å². The van der Waals surface area contributed by atoms with Crippen LogP contribution in [0.2, 0.25) is 0 Å². The van der Waals surface area contributed by atoms with Crippen LogP contribution in [0.3, 0.4) is 0 Å². The third kappa shape index (κ3) is 3.86. The van der Waals surface area contributed by atoms with Gasteiger partial charge < -0.3 is 4.74 Å². The zero-order valence-electron chi connectivity index (χ0n) is 7.88. The van der Waals surface area contributed by atoms with E-state index in [1.165, 1.54) is 0 Å². The fourth-order valence-corrected chi connectivity index (χ4v) is 1.42. The molecule has 0 N–H and O–H groups in total. The van der Waals surface area contributed by atoms with Crippen molar-refractivity contribution in [2.24, 2.45) is 5.92 Å². The third-order valence-electron chi connectivity index (χ3n) is 1.48. The molecule has 13 heavy (non-hydrogen) atoms. The maximum absolute atomic E-state index is 5.66. The van der Waals surface area contributed by atoms with E-state index in [4.69, 9.17) is 12.6 Å². The molecule has 0 spiro atoms. The van der Waals surface area contributed by atoms with Gasteiger partial charge in [-0.05, 0) is 18.1 Å². The SMILES string of the molecule is [B]c1cc(Br)cc(OCC(C)C)c1. The van der Waals surface area contributed by atoms with Crippen LogP contribution in [0.5, 0.6) is 5.75 Å². The summed E-state index contributed by atoms with van der Waals surface area (Å²) >= 11 is 3.36. The molecule has 0 heterocycles. The Morgan fingerprint density at radius 2 is 2.08 bits per heavy atom.